The number of amides is 2. The highest BCUT2D eigenvalue weighted by atomic mass is 16.8. The topological polar surface area (TPSA) is 373 Å². The number of carboxylic acids is 1. The number of rotatable bonds is 46. The molecule has 18 unspecified atom stereocenters. The number of ether oxygens (including phenoxy) is 6. The van der Waals surface area contributed by atoms with Crippen LogP contribution in [0.4, 0.5) is 0 Å². The lowest BCUT2D eigenvalue weighted by Gasteiger charge is -2.50. The molecule has 0 aromatic rings. The normalized spacial score (nSPS) is 29.8. The maximum absolute atomic E-state index is 13.3. The van der Waals surface area contributed by atoms with Gasteiger partial charge in [0, 0.05) is 19.8 Å². The summed E-state index contributed by atoms with van der Waals surface area (Å²) in [6.45, 7) is 2.05. The Bertz CT molecular complexity index is 1880. The van der Waals surface area contributed by atoms with Crippen molar-refractivity contribution in [2.45, 2.75) is 310 Å². The largest absolute Gasteiger partial charge is 0.477 e. The van der Waals surface area contributed by atoms with E-state index >= 15 is 0 Å². The predicted molar refractivity (Wildman–Crippen MR) is 315 cm³/mol. The Morgan fingerprint density at radius 3 is 1.66 bits per heavy atom. The summed E-state index contributed by atoms with van der Waals surface area (Å²) in [7, 11) is 0. The van der Waals surface area contributed by atoms with E-state index in [-0.39, 0.29) is 12.3 Å². The summed E-state index contributed by atoms with van der Waals surface area (Å²) in [6.07, 6.45) is 12.2. The molecule has 14 N–H and O–H groups in total. The smallest absolute Gasteiger partial charge is 0.364 e. The maximum atomic E-state index is 13.3. The number of hydrogen-bond donors (Lipinski definition) is 14. The first kappa shape index (κ1) is 76.2. The molecule has 2 amide bonds. The first-order valence-corrected chi connectivity index (χ1v) is 31.9. The molecule has 0 bridgehead atoms. The van der Waals surface area contributed by atoms with Crippen LogP contribution in [0, 0.1) is 0 Å². The monoisotopic (exact) mass is 1220 g/mol. The van der Waals surface area contributed by atoms with Crippen LogP contribution in [-0.4, -0.2) is 215 Å². The van der Waals surface area contributed by atoms with Gasteiger partial charge < -0.3 is 100 Å². The van der Waals surface area contributed by atoms with E-state index in [0.717, 1.165) is 45.4 Å². The van der Waals surface area contributed by atoms with Gasteiger partial charge in [0.05, 0.1) is 50.7 Å². The fraction of sp³-hybridized carbons (Fsp3) is 0.855. The van der Waals surface area contributed by atoms with Gasteiger partial charge in [0.1, 0.15) is 67.1 Å². The minimum absolute atomic E-state index is 0.0931. The van der Waals surface area contributed by atoms with E-state index < -0.39 is 155 Å². The Morgan fingerprint density at radius 2 is 1.14 bits per heavy atom. The number of aliphatic hydroxyl groups excluding tert-OH is 11. The summed E-state index contributed by atoms with van der Waals surface area (Å²) in [6, 6.07) is -2.65. The first-order chi connectivity index (χ1) is 40.9. The van der Waals surface area contributed by atoms with Crippen LogP contribution >= 0.6 is 0 Å². The molecule has 3 saturated heterocycles. The SMILES string of the molecule is CCCCCCCC/C=C\C/C=C\CCC(=O)NC(COC1OC(CO)C(OC2OC(CO)C(O)C(OC3(C(=O)O)CC(O)C(NC(C)=O)C(C(O)C(O)CO)O3)C2O)C(O)C1O)C(O)/C=C/CCCCCCCCCCCCCCCCCC. The van der Waals surface area contributed by atoms with Crippen LogP contribution in [0.3, 0.4) is 0 Å². The molecule has 3 aliphatic rings. The summed E-state index contributed by atoms with van der Waals surface area (Å²) in [5.74, 6) is -6.22. The number of unbranched alkanes of at least 4 members (excludes halogenated alkanes) is 22. The van der Waals surface area contributed by atoms with Crippen LogP contribution < -0.4 is 10.6 Å². The van der Waals surface area contributed by atoms with Crippen LogP contribution in [-0.2, 0) is 42.8 Å². The lowest BCUT2D eigenvalue weighted by Crippen LogP contribution is -2.70. The fourth-order valence-corrected chi connectivity index (χ4v) is 10.9. The fourth-order valence-electron chi connectivity index (χ4n) is 10.9. The molecule has 18 atom stereocenters. The van der Waals surface area contributed by atoms with E-state index in [2.05, 4.69) is 36.6 Å². The molecule has 0 spiro atoms. The van der Waals surface area contributed by atoms with Gasteiger partial charge in [-0.1, -0.05) is 179 Å². The third kappa shape index (κ3) is 27.3. The van der Waals surface area contributed by atoms with Crippen LogP contribution in [0.15, 0.2) is 36.5 Å². The van der Waals surface area contributed by atoms with Crippen molar-refractivity contribution < 1.29 is 104 Å². The first-order valence-electron chi connectivity index (χ1n) is 31.9. The van der Waals surface area contributed by atoms with Crippen LogP contribution in [0.1, 0.15) is 201 Å². The molecule has 0 aliphatic carbocycles. The maximum Gasteiger partial charge on any atom is 0.364 e. The van der Waals surface area contributed by atoms with Gasteiger partial charge in [-0.15, -0.1) is 0 Å². The molecule has 3 aliphatic heterocycles. The van der Waals surface area contributed by atoms with Crippen molar-refractivity contribution in [1.29, 1.82) is 0 Å². The Hall–Kier alpha value is -3.05. The number of carbonyl (C=O) groups is 3. The molecule has 0 saturated carbocycles. The van der Waals surface area contributed by atoms with E-state index in [0.29, 0.717) is 12.8 Å². The average molecular weight is 1220 g/mol. The minimum atomic E-state index is -3.08. The Morgan fingerprint density at radius 1 is 0.624 bits per heavy atom. The third-order valence-corrected chi connectivity index (χ3v) is 16.1. The van der Waals surface area contributed by atoms with Crippen LogP contribution in [0.25, 0.3) is 0 Å². The molecule has 494 valence electrons. The van der Waals surface area contributed by atoms with E-state index in [1.165, 1.54) is 116 Å². The highest BCUT2D eigenvalue weighted by Crippen LogP contribution is 2.38. The molecule has 0 aromatic carbocycles. The highest BCUT2D eigenvalue weighted by molar-refractivity contribution is 5.77. The number of allylic oxidation sites excluding steroid dienone is 5. The number of nitrogens with one attached hydrogen (secondary N) is 2. The zero-order valence-electron chi connectivity index (χ0n) is 50.9. The van der Waals surface area contributed by atoms with Gasteiger partial charge in [-0.05, 0) is 38.5 Å². The molecule has 85 heavy (non-hydrogen) atoms. The van der Waals surface area contributed by atoms with Gasteiger partial charge in [0.15, 0.2) is 12.6 Å². The van der Waals surface area contributed by atoms with Gasteiger partial charge >= 0.3 is 5.97 Å². The highest BCUT2D eigenvalue weighted by Gasteiger charge is 2.60. The zero-order chi connectivity index (χ0) is 62.6. The minimum Gasteiger partial charge on any atom is -0.477 e. The summed E-state index contributed by atoms with van der Waals surface area (Å²) < 4.78 is 34.7. The second-order valence-corrected chi connectivity index (χ2v) is 23.3. The standard InChI is InChI=1S/C62H110N2O21/c1-4-6-8-10-12-14-16-18-19-20-21-22-24-25-27-29-31-33-35-44(69)43(64-49(72)36-34-32-30-28-26-23-17-15-13-11-9-7-5-2)41-80-59-54(76)53(75)56(48(40-67)82-59)83-60-55(77)58(52(74)47(39-66)81-60)85-62(61(78)79)37-45(70)50(63-42(3)68)57(84-62)51(73)46(71)38-65/h23,26,30,32-33,35,43-48,50-60,65-67,69-71,73-77H,4-22,24-25,27-29,31,34,36-41H2,1-3H3,(H,63,68)(H,64,72)(H,78,79)/b26-23-,32-30-,35-33+. The van der Waals surface area contributed by atoms with Gasteiger partial charge in [-0.25, -0.2) is 4.79 Å². The molecular formula is C62H110N2O21. The van der Waals surface area contributed by atoms with Crippen molar-refractivity contribution in [3.63, 3.8) is 0 Å². The summed E-state index contributed by atoms with van der Waals surface area (Å²) in [5, 5.41) is 135. The molecule has 0 radical (unpaired) electrons. The molecule has 3 rings (SSSR count). The van der Waals surface area contributed by atoms with Crippen molar-refractivity contribution in [2.75, 3.05) is 26.4 Å². The summed E-state index contributed by atoms with van der Waals surface area (Å²) in [4.78, 5) is 38.4. The van der Waals surface area contributed by atoms with E-state index in [1.54, 1.807) is 6.08 Å². The number of aliphatic hydroxyl groups is 11. The summed E-state index contributed by atoms with van der Waals surface area (Å²) >= 11 is 0. The van der Waals surface area contributed by atoms with Gasteiger partial charge in [-0.3, -0.25) is 9.59 Å². The second-order valence-electron chi connectivity index (χ2n) is 23.3. The van der Waals surface area contributed by atoms with Crippen LogP contribution in [0.5, 0.6) is 0 Å². The van der Waals surface area contributed by atoms with Gasteiger partial charge in [-0.2, -0.15) is 0 Å². The van der Waals surface area contributed by atoms with Crippen LogP contribution in [0.2, 0.25) is 0 Å². The zero-order valence-corrected chi connectivity index (χ0v) is 50.9. The predicted octanol–water partition coefficient (Wildman–Crippen LogP) is 3.89. The lowest BCUT2D eigenvalue weighted by molar-refractivity contribution is -0.386. The number of carboxylic acid groups (broad SMARTS) is 1. The third-order valence-electron chi connectivity index (χ3n) is 16.1. The molecule has 3 fully saturated rings. The molecule has 3 heterocycles. The molecular weight excluding hydrogens is 1110 g/mol. The quantitative estimate of drug-likeness (QED) is 0.0304. The summed E-state index contributed by atoms with van der Waals surface area (Å²) in [5.41, 5.74) is 0. The van der Waals surface area contributed by atoms with Crippen molar-refractivity contribution in [1.82, 2.24) is 10.6 Å². The number of aliphatic carboxylic acids is 1. The van der Waals surface area contributed by atoms with E-state index in [9.17, 15) is 75.7 Å². The average Bonchev–Trinajstić information content (AvgIpc) is 1.28. The second kappa shape index (κ2) is 43.6. The number of hydrogen-bond acceptors (Lipinski definition) is 20. The van der Waals surface area contributed by atoms with Gasteiger partial charge in [0.25, 0.3) is 5.79 Å². The van der Waals surface area contributed by atoms with Crippen molar-refractivity contribution in [2.24, 2.45) is 0 Å². The molecule has 23 nitrogen and oxygen atoms in total. The van der Waals surface area contributed by atoms with Crippen molar-refractivity contribution in [3.05, 3.63) is 36.5 Å². The Labute approximate surface area is 504 Å². The number of carbonyl (C=O) groups excluding carboxylic acids is 2. The molecule has 23 heteroatoms. The Balaban J connectivity index is 1.66. The van der Waals surface area contributed by atoms with Crippen molar-refractivity contribution in [3.8, 4) is 0 Å². The lowest BCUT2D eigenvalue weighted by atomic mass is 9.88. The van der Waals surface area contributed by atoms with Crippen molar-refractivity contribution >= 4 is 17.8 Å². The molecule has 0 aromatic heterocycles. The van der Waals surface area contributed by atoms with E-state index in [4.69, 9.17) is 28.4 Å². The van der Waals surface area contributed by atoms with Gasteiger partial charge in [0.2, 0.25) is 11.8 Å². The van der Waals surface area contributed by atoms with E-state index in [1.807, 2.05) is 18.2 Å². The Kier molecular flexibility index (Phi) is 39.1.